The molecule has 0 aromatic heterocycles. The van der Waals surface area contributed by atoms with Gasteiger partial charge in [0.15, 0.2) is 0 Å². The van der Waals surface area contributed by atoms with Crippen molar-refractivity contribution in [3.63, 3.8) is 0 Å². The number of carbonyl (C=O) groups is 1. The highest BCUT2D eigenvalue weighted by Gasteiger charge is 2.10. The molecular formula is C19H22BrNO3. The maximum Gasteiger partial charge on any atom is 0.224 e. The summed E-state index contributed by atoms with van der Waals surface area (Å²) >= 11 is 3.46. The van der Waals surface area contributed by atoms with Crippen LogP contribution < -0.4 is 14.8 Å². The molecule has 1 amide bonds. The smallest absolute Gasteiger partial charge is 0.224 e. The Labute approximate surface area is 151 Å². The largest absolute Gasteiger partial charge is 0.497 e. The summed E-state index contributed by atoms with van der Waals surface area (Å²) in [7, 11) is 3.20. The van der Waals surface area contributed by atoms with Crippen LogP contribution in [-0.4, -0.2) is 26.7 Å². The minimum absolute atomic E-state index is 0.0178. The van der Waals surface area contributed by atoms with Crippen LogP contribution in [-0.2, 0) is 17.6 Å². The number of hydrogen-bond donors (Lipinski definition) is 1. The molecule has 5 heteroatoms. The van der Waals surface area contributed by atoms with Crippen LogP contribution in [0.5, 0.6) is 11.5 Å². The number of amides is 1. The van der Waals surface area contributed by atoms with E-state index in [1.807, 2.05) is 30.3 Å². The van der Waals surface area contributed by atoms with E-state index in [0.717, 1.165) is 22.9 Å². The maximum absolute atomic E-state index is 12.1. The molecule has 0 aliphatic carbocycles. The second kappa shape index (κ2) is 9.33. The van der Waals surface area contributed by atoms with Crippen molar-refractivity contribution >= 4 is 21.8 Å². The van der Waals surface area contributed by atoms with Gasteiger partial charge in [-0.2, -0.15) is 0 Å². The fourth-order valence-electron chi connectivity index (χ4n) is 2.47. The minimum atomic E-state index is -0.0178. The van der Waals surface area contributed by atoms with Crippen LogP contribution in [0.4, 0.5) is 0 Å². The Morgan fingerprint density at radius 1 is 1.12 bits per heavy atom. The summed E-state index contributed by atoms with van der Waals surface area (Å²) in [4.78, 5) is 12.1. The average Bonchev–Trinajstić information content (AvgIpc) is 2.58. The second-order valence-electron chi connectivity index (χ2n) is 5.44. The zero-order chi connectivity index (χ0) is 17.4. The van der Waals surface area contributed by atoms with Gasteiger partial charge >= 0.3 is 0 Å². The van der Waals surface area contributed by atoms with E-state index >= 15 is 0 Å². The molecule has 0 unspecified atom stereocenters. The Bertz CT molecular complexity index is 688. The topological polar surface area (TPSA) is 47.6 Å². The number of carbonyl (C=O) groups excluding carboxylic acids is 1. The van der Waals surface area contributed by atoms with Gasteiger partial charge in [-0.1, -0.05) is 28.1 Å². The van der Waals surface area contributed by atoms with Crippen molar-refractivity contribution in [3.8, 4) is 11.5 Å². The second-order valence-corrected chi connectivity index (χ2v) is 6.35. The van der Waals surface area contributed by atoms with Gasteiger partial charge in [0.2, 0.25) is 5.91 Å². The molecule has 0 saturated carbocycles. The molecule has 4 nitrogen and oxygen atoms in total. The van der Waals surface area contributed by atoms with Crippen molar-refractivity contribution in [2.75, 3.05) is 20.8 Å². The monoisotopic (exact) mass is 391 g/mol. The van der Waals surface area contributed by atoms with Crippen LogP contribution in [0.2, 0.25) is 0 Å². The maximum atomic E-state index is 12.1. The normalized spacial score (nSPS) is 10.3. The van der Waals surface area contributed by atoms with Crippen LogP contribution in [0.15, 0.2) is 46.9 Å². The Morgan fingerprint density at radius 2 is 1.96 bits per heavy atom. The highest BCUT2D eigenvalue weighted by atomic mass is 79.9. The number of benzene rings is 2. The molecule has 2 aromatic rings. The molecule has 1 N–H and O–H groups in total. The summed E-state index contributed by atoms with van der Waals surface area (Å²) in [6, 6.07) is 13.7. The standard InChI is InChI=1S/C19H22BrNO3/c1-23-17-8-9-18(24-2)15(12-17)13-19(22)21-10-4-6-14-5-3-7-16(20)11-14/h3,5,7-9,11-12H,4,6,10,13H2,1-2H3,(H,21,22). The van der Waals surface area contributed by atoms with Gasteiger partial charge in [-0.25, -0.2) is 0 Å². The lowest BCUT2D eigenvalue weighted by molar-refractivity contribution is -0.120. The van der Waals surface area contributed by atoms with Crippen molar-refractivity contribution in [1.82, 2.24) is 5.32 Å². The van der Waals surface area contributed by atoms with E-state index in [1.165, 1.54) is 5.56 Å². The van der Waals surface area contributed by atoms with Crippen LogP contribution in [0.3, 0.4) is 0 Å². The minimum Gasteiger partial charge on any atom is -0.497 e. The zero-order valence-corrected chi connectivity index (χ0v) is 15.6. The third-order valence-electron chi connectivity index (χ3n) is 3.69. The number of halogens is 1. The van der Waals surface area contributed by atoms with Gasteiger partial charge in [0.25, 0.3) is 0 Å². The predicted octanol–water partition coefficient (Wildman–Crippen LogP) is 3.76. The summed E-state index contributed by atoms with van der Waals surface area (Å²) in [5.74, 6) is 1.39. The Morgan fingerprint density at radius 3 is 2.67 bits per heavy atom. The third kappa shape index (κ3) is 5.57. The third-order valence-corrected chi connectivity index (χ3v) is 4.19. The summed E-state index contributed by atoms with van der Waals surface area (Å²) in [5.41, 5.74) is 2.08. The van der Waals surface area contributed by atoms with Gasteiger partial charge in [-0.15, -0.1) is 0 Å². The molecule has 0 aliphatic rings. The van der Waals surface area contributed by atoms with Crippen molar-refractivity contribution in [2.24, 2.45) is 0 Å². The molecule has 2 rings (SSSR count). The van der Waals surface area contributed by atoms with Crippen molar-refractivity contribution in [2.45, 2.75) is 19.3 Å². The average molecular weight is 392 g/mol. The van der Waals surface area contributed by atoms with Gasteiger partial charge in [-0.3, -0.25) is 4.79 Å². The number of rotatable bonds is 8. The van der Waals surface area contributed by atoms with Crippen LogP contribution in [0, 0.1) is 0 Å². The van der Waals surface area contributed by atoms with Gasteiger partial charge in [0.1, 0.15) is 11.5 Å². The fourth-order valence-corrected chi connectivity index (χ4v) is 2.91. The first kappa shape index (κ1) is 18.3. The molecule has 0 atom stereocenters. The molecular weight excluding hydrogens is 370 g/mol. The molecule has 0 heterocycles. The van der Waals surface area contributed by atoms with Crippen molar-refractivity contribution in [3.05, 3.63) is 58.1 Å². The van der Waals surface area contributed by atoms with Crippen molar-refractivity contribution < 1.29 is 14.3 Å². The van der Waals surface area contributed by atoms with Crippen molar-refractivity contribution in [1.29, 1.82) is 0 Å². The van der Waals surface area contributed by atoms with Gasteiger partial charge in [0.05, 0.1) is 20.6 Å². The van der Waals surface area contributed by atoms with Gasteiger partial charge < -0.3 is 14.8 Å². The molecule has 2 aromatic carbocycles. The van der Waals surface area contributed by atoms with E-state index in [-0.39, 0.29) is 12.3 Å². The van der Waals surface area contributed by atoms with E-state index in [4.69, 9.17) is 9.47 Å². The quantitative estimate of drug-likeness (QED) is 0.696. The van der Waals surface area contributed by atoms with Gasteiger partial charge in [0, 0.05) is 16.6 Å². The van der Waals surface area contributed by atoms with Crippen LogP contribution in [0.25, 0.3) is 0 Å². The van der Waals surface area contributed by atoms with E-state index in [2.05, 4.69) is 33.4 Å². The van der Waals surface area contributed by atoms with E-state index in [0.29, 0.717) is 18.0 Å². The first-order valence-electron chi connectivity index (χ1n) is 7.84. The van der Waals surface area contributed by atoms with Crippen LogP contribution in [0.1, 0.15) is 17.5 Å². The summed E-state index contributed by atoms with van der Waals surface area (Å²) in [6.45, 7) is 0.650. The van der Waals surface area contributed by atoms with E-state index in [9.17, 15) is 4.79 Å². The number of aryl methyl sites for hydroxylation is 1. The summed E-state index contributed by atoms with van der Waals surface area (Å²) < 4.78 is 11.6. The number of nitrogens with one attached hydrogen (secondary N) is 1. The highest BCUT2D eigenvalue weighted by molar-refractivity contribution is 9.10. The first-order chi connectivity index (χ1) is 11.6. The first-order valence-corrected chi connectivity index (χ1v) is 8.63. The molecule has 0 fully saturated rings. The summed E-state index contributed by atoms with van der Waals surface area (Å²) in [5, 5.41) is 2.96. The van der Waals surface area contributed by atoms with E-state index in [1.54, 1.807) is 14.2 Å². The summed E-state index contributed by atoms with van der Waals surface area (Å²) in [6.07, 6.45) is 2.11. The molecule has 0 saturated heterocycles. The highest BCUT2D eigenvalue weighted by Crippen LogP contribution is 2.24. The SMILES string of the molecule is COc1ccc(OC)c(CC(=O)NCCCc2cccc(Br)c2)c1. The lowest BCUT2D eigenvalue weighted by Crippen LogP contribution is -2.26. The Kier molecular flexibility index (Phi) is 7.12. The van der Waals surface area contributed by atoms with Crippen LogP contribution >= 0.6 is 15.9 Å². The Balaban J connectivity index is 1.81. The lowest BCUT2D eigenvalue weighted by atomic mass is 10.1. The number of hydrogen-bond acceptors (Lipinski definition) is 3. The molecule has 0 spiro atoms. The number of ether oxygens (including phenoxy) is 2. The molecule has 128 valence electrons. The number of methoxy groups -OCH3 is 2. The molecule has 0 radical (unpaired) electrons. The molecule has 0 bridgehead atoms. The zero-order valence-electron chi connectivity index (χ0n) is 14.0. The Hall–Kier alpha value is -2.01. The molecule has 0 aliphatic heterocycles. The lowest BCUT2D eigenvalue weighted by Gasteiger charge is -2.11. The fraction of sp³-hybridized carbons (Fsp3) is 0.316. The molecule has 24 heavy (non-hydrogen) atoms. The van der Waals surface area contributed by atoms with E-state index < -0.39 is 0 Å². The predicted molar refractivity (Wildman–Crippen MR) is 98.7 cm³/mol. The van der Waals surface area contributed by atoms with Gasteiger partial charge in [-0.05, 0) is 48.7 Å².